The first kappa shape index (κ1) is 22.8. The third-order valence-corrected chi connectivity index (χ3v) is 5.90. The predicted octanol–water partition coefficient (Wildman–Crippen LogP) is 2.88. The van der Waals surface area contributed by atoms with E-state index in [1.807, 2.05) is 0 Å². The van der Waals surface area contributed by atoms with Crippen molar-refractivity contribution in [2.75, 3.05) is 19.7 Å². The van der Waals surface area contributed by atoms with Crippen LogP contribution in [0.1, 0.15) is 37.4 Å². The van der Waals surface area contributed by atoms with Crippen molar-refractivity contribution in [3.05, 3.63) is 29.7 Å². The summed E-state index contributed by atoms with van der Waals surface area (Å²) in [5.41, 5.74) is 1.39. The van der Waals surface area contributed by atoms with Crippen LogP contribution in [0.5, 0.6) is 0 Å². The Balaban J connectivity index is 1.60. The van der Waals surface area contributed by atoms with Gasteiger partial charge in [0.05, 0.1) is 35.5 Å². The number of fused-ring (bicyclic) bond motifs is 1. The molecule has 1 aliphatic rings. The average molecular weight is 460 g/mol. The minimum atomic E-state index is -2.72. The van der Waals surface area contributed by atoms with E-state index in [-0.39, 0.29) is 40.9 Å². The van der Waals surface area contributed by atoms with E-state index in [0.717, 1.165) is 0 Å². The van der Waals surface area contributed by atoms with Crippen LogP contribution in [0.3, 0.4) is 0 Å². The molecule has 11 heteroatoms. The van der Waals surface area contributed by atoms with Gasteiger partial charge in [0.15, 0.2) is 5.65 Å². The highest BCUT2D eigenvalue weighted by Crippen LogP contribution is 2.33. The van der Waals surface area contributed by atoms with Gasteiger partial charge in [-0.05, 0) is 32.8 Å². The SMILES string of the molecule is CCOC(=O)C1CCN(C(=O)Cn2nc(C)c3c(C(F)F)cc(-c4cnn(C)c4)nc32)CC1. The zero-order valence-corrected chi connectivity index (χ0v) is 18.8. The zero-order valence-electron chi connectivity index (χ0n) is 18.8. The average Bonchev–Trinajstić information content (AvgIpc) is 3.36. The fourth-order valence-corrected chi connectivity index (χ4v) is 4.22. The molecule has 3 aromatic heterocycles. The second-order valence-corrected chi connectivity index (χ2v) is 8.15. The van der Waals surface area contributed by atoms with Gasteiger partial charge < -0.3 is 9.64 Å². The van der Waals surface area contributed by atoms with Gasteiger partial charge in [-0.3, -0.25) is 14.3 Å². The number of likely N-dealkylation sites (tertiary alicyclic amines) is 1. The lowest BCUT2D eigenvalue weighted by atomic mass is 9.97. The topological polar surface area (TPSA) is 95.1 Å². The molecule has 0 atom stereocenters. The Hall–Kier alpha value is -3.37. The van der Waals surface area contributed by atoms with E-state index < -0.39 is 6.43 Å². The van der Waals surface area contributed by atoms with Gasteiger partial charge in [0.1, 0.15) is 6.54 Å². The van der Waals surface area contributed by atoms with Gasteiger partial charge in [0.25, 0.3) is 6.43 Å². The maximum atomic E-state index is 13.9. The van der Waals surface area contributed by atoms with Crippen molar-refractivity contribution in [1.29, 1.82) is 0 Å². The van der Waals surface area contributed by atoms with Crippen LogP contribution in [0.15, 0.2) is 18.5 Å². The monoisotopic (exact) mass is 460 g/mol. The summed E-state index contributed by atoms with van der Waals surface area (Å²) in [6.45, 7) is 4.46. The Morgan fingerprint density at radius 1 is 1.27 bits per heavy atom. The van der Waals surface area contributed by atoms with Crippen LogP contribution in [0.2, 0.25) is 0 Å². The number of pyridine rings is 1. The molecule has 0 N–H and O–H groups in total. The number of piperidine rings is 1. The van der Waals surface area contributed by atoms with Crippen LogP contribution >= 0.6 is 0 Å². The van der Waals surface area contributed by atoms with E-state index in [9.17, 15) is 18.4 Å². The number of ether oxygens (including phenoxy) is 1. The predicted molar refractivity (Wildman–Crippen MR) is 115 cm³/mol. The summed E-state index contributed by atoms with van der Waals surface area (Å²) in [6, 6.07) is 1.35. The number of rotatable bonds is 6. The number of hydrogen-bond acceptors (Lipinski definition) is 6. The van der Waals surface area contributed by atoms with Crippen molar-refractivity contribution < 1.29 is 23.1 Å². The number of carbonyl (C=O) groups is 2. The highest BCUT2D eigenvalue weighted by atomic mass is 19.3. The van der Waals surface area contributed by atoms with Gasteiger partial charge in [0.2, 0.25) is 5.91 Å². The Morgan fingerprint density at radius 2 is 2.00 bits per heavy atom. The van der Waals surface area contributed by atoms with Crippen LogP contribution in [-0.2, 0) is 27.9 Å². The summed E-state index contributed by atoms with van der Waals surface area (Å²) in [4.78, 5) is 31.1. The van der Waals surface area contributed by atoms with E-state index in [4.69, 9.17) is 4.74 Å². The number of esters is 1. The number of aromatic nitrogens is 5. The third kappa shape index (κ3) is 4.57. The first-order valence-electron chi connectivity index (χ1n) is 10.9. The molecule has 0 aromatic carbocycles. The molecule has 0 bridgehead atoms. The van der Waals surface area contributed by atoms with E-state index in [2.05, 4.69) is 15.2 Å². The maximum Gasteiger partial charge on any atom is 0.309 e. The van der Waals surface area contributed by atoms with Gasteiger partial charge in [-0.15, -0.1) is 0 Å². The molecular weight excluding hydrogens is 434 g/mol. The largest absolute Gasteiger partial charge is 0.466 e. The Bertz CT molecular complexity index is 1180. The number of hydrogen-bond donors (Lipinski definition) is 0. The molecule has 1 saturated heterocycles. The first-order chi connectivity index (χ1) is 15.8. The Morgan fingerprint density at radius 3 is 2.61 bits per heavy atom. The van der Waals surface area contributed by atoms with Gasteiger partial charge in [-0.1, -0.05) is 0 Å². The Labute approximate surface area is 189 Å². The van der Waals surface area contributed by atoms with E-state index in [1.54, 1.807) is 42.9 Å². The minimum absolute atomic E-state index is 0.124. The van der Waals surface area contributed by atoms with Gasteiger partial charge in [-0.2, -0.15) is 10.2 Å². The molecule has 4 rings (SSSR count). The summed E-state index contributed by atoms with van der Waals surface area (Å²) < 4.78 is 35.8. The van der Waals surface area contributed by atoms with Crippen LogP contribution in [0.4, 0.5) is 8.78 Å². The maximum absolute atomic E-state index is 13.9. The third-order valence-electron chi connectivity index (χ3n) is 5.90. The van der Waals surface area contributed by atoms with E-state index in [1.165, 1.54) is 10.7 Å². The number of carbonyl (C=O) groups excluding carboxylic acids is 2. The molecule has 176 valence electrons. The van der Waals surface area contributed by atoms with Crippen LogP contribution in [0.25, 0.3) is 22.3 Å². The summed E-state index contributed by atoms with van der Waals surface area (Å²) in [5.74, 6) is -0.641. The molecule has 1 aliphatic heterocycles. The van der Waals surface area contributed by atoms with Gasteiger partial charge in [-0.25, -0.2) is 18.4 Å². The van der Waals surface area contributed by atoms with Crippen molar-refractivity contribution in [2.45, 2.75) is 39.7 Å². The molecular formula is C22H26F2N6O3. The summed E-state index contributed by atoms with van der Waals surface area (Å²) in [5, 5.41) is 8.70. The van der Waals surface area contributed by atoms with Crippen molar-refractivity contribution in [3.63, 3.8) is 0 Å². The van der Waals surface area contributed by atoms with Crippen molar-refractivity contribution in [3.8, 4) is 11.3 Å². The second-order valence-electron chi connectivity index (χ2n) is 8.15. The lowest BCUT2D eigenvalue weighted by Gasteiger charge is -2.30. The highest BCUT2D eigenvalue weighted by molar-refractivity contribution is 5.87. The summed E-state index contributed by atoms with van der Waals surface area (Å²) >= 11 is 0. The molecule has 0 unspecified atom stereocenters. The molecule has 3 aromatic rings. The highest BCUT2D eigenvalue weighted by Gasteiger charge is 2.29. The van der Waals surface area contributed by atoms with E-state index >= 15 is 0 Å². The number of amides is 1. The van der Waals surface area contributed by atoms with Crippen molar-refractivity contribution >= 4 is 22.9 Å². The van der Waals surface area contributed by atoms with Crippen molar-refractivity contribution in [1.82, 2.24) is 29.4 Å². The molecule has 0 saturated carbocycles. The molecule has 4 heterocycles. The number of aryl methyl sites for hydroxylation is 2. The lowest BCUT2D eigenvalue weighted by Crippen LogP contribution is -2.42. The second kappa shape index (κ2) is 9.24. The fraction of sp³-hybridized carbons (Fsp3) is 0.500. The fourth-order valence-electron chi connectivity index (χ4n) is 4.22. The summed E-state index contributed by atoms with van der Waals surface area (Å²) in [7, 11) is 1.73. The van der Waals surface area contributed by atoms with Crippen LogP contribution in [0, 0.1) is 12.8 Å². The van der Waals surface area contributed by atoms with Crippen molar-refractivity contribution in [2.24, 2.45) is 13.0 Å². The quantitative estimate of drug-likeness (QED) is 0.525. The first-order valence-corrected chi connectivity index (χ1v) is 10.9. The molecule has 9 nitrogen and oxygen atoms in total. The van der Waals surface area contributed by atoms with Gasteiger partial charge >= 0.3 is 5.97 Å². The molecule has 0 radical (unpaired) electrons. The molecule has 0 spiro atoms. The van der Waals surface area contributed by atoms with Gasteiger partial charge in [0, 0.05) is 37.5 Å². The summed E-state index contributed by atoms with van der Waals surface area (Å²) in [6.07, 6.45) is 1.58. The number of halogens is 2. The Kier molecular flexibility index (Phi) is 6.39. The molecule has 1 amide bonds. The standard InChI is InChI=1S/C22H26F2N6O3/c1-4-33-22(32)14-5-7-29(8-6-14)18(31)12-30-21-19(13(2)27-30)16(20(23)24)9-17(26-21)15-10-25-28(3)11-15/h9-11,14,20H,4-8,12H2,1-3H3. The molecule has 1 fully saturated rings. The van der Waals surface area contributed by atoms with Crippen LogP contribution in [-0.4, -0.2) is 61.0 Å². The minimum Gasteiger partial charge on any atom is -0.466 e. The van der Waals surface area contributed by atoms with Crippen LogP contribution < -0.4 is 0 Å². The smallest absolute Gasteiger partial charge is 0.309 e. The normalized spacial score (nSPS) is 14.9. The van der Waals surface area contributed by atoms with E-state index in [0.29, 0.717) is 49.5 Å². The lowest BCUT2D eigenvalue weighted by molar-refractivity contribution is -0.151. The number of alkyl halides is 2. The molecule has 0 aliphatic carbocycles. The number of nitrogens with zero attached hydrogens (tertiary/aromatic N) is 6. The molecule has 33 heavy (non-hydrogen) atoms. The zero-order chi connectivity index (χ0) is 23.7.